The van der Waals surface area contributed by atoms with Crippen LogP contribution in [0, 0.1) is 17.5 Å². The molecule has 0 aliphatic heterocycles. The summed E-state index contributed by atoms with van der Waals surface area (Å²) < 4.78 is 45.4. The molecule has 0 bridgehead atoms. The highest BCUT2D eigenvalue weighted by atomic mass is 32.2. The van der Waals surface area contributed by atoms with Gasteiger partial charge in [0.25, 0.3) is 0 Å². The van der Waals surface area contributed by atoms with Crippen molar-refractivity contribution >= 4 is 23.6 Å². The monoisotopic (exact) mass is 289 g/mol. The van der Waals surface area contributed by atoms with Crippen molar-refractivity contribution in [1.29, 1.82) is 0 Å². The van der Waals surface area contributed by atoms with Crippen molar-refractivity contribution in [2.24, 2.45) is 0 Å². The van der Waals surface area contributed by atoms with Crippen LogP contribution in [-0.2, 0) is 4.28 Å². The Kier molecular flexibility index (Phi) is 4.23. The number of H-pyrrole nitrogens is 1. The third-order valence-electron chi connectivity index (χ3n) is 2.26. The highest BCUT2D eigenvalue weighted by Gasteiger charge is 2.10. The van der Waals surface area contributed by atoms with Gasteiger partial charge in [0, 0.05) is 31.6 Å². The molecular formula is C11H10F3N3OS. The van der Waals surface area contributed by atoms with Crippen LogP contribution in [0.3, 0.4) is 0 Å². The fourth-order valence-electron chi connectivity index (χ4n) is 1.27. The van der Waals surface area contributed by atoms with E-state index in [0.717, 1.165) is 17.9 Å². The summed E-state index contributed by atoms with van der Waals surface area (Å²) in [5, 5.41) is 0. The lowest BCUT2D eigenvalue weighted by atomic mass is 10.3. The van der Waals surface area contributed by atoms with Gasteiger partial charge in [-0.1, -0.05) is 0 Å². The van der Waals surface area contributed by atoms with Gasteiger partial charge in [0.1, 0.15) is 17.9 Å². The largest absolute Gasteiger partial charge is 0.366 e. The number of nitrogens with one attached hydrogen (secondary N) is 2. The van der Waals surface area contributed by atoms with Crippen LogP contribution in [0.4, 0.5) is 24.5 Å². The van der Waals surface area contributed by atoms with E-state index in [0.29, 0.717) is 12.1 Å². The molecule has 0 saturated carbocycles. The van der Waals surface area contributed by atoms with Crippen molar-refractivity contribution in [3.63, 3.8) is 0 Å². The lowest BCUT2D eigenvalue weighted by molar-refractivity contribution is 0.457. The smallest absolute Gasteiger partial charge is 0.161 e. The molecule has 102 valence electrons. The zero-order chi connectivity index (χ0) is 13.8. The van der Waals surface area contributed by atoms with E-state index in [9.17, 15) is 13.2 Å². The Bertz CT molecular complexity index is 550. The summed E-state index contributed by atoms with van der Waals surface area (Å²) >= 11 is 0.867. The van der Waals surface area contributed by atoms with Gasteiger partial charge in [-0.2, -0.15) is 4.28 Å². The van der Waals surface area contributed by atoms with Crippen LogP contribution in [0.1, 0.15) is 0 Å². The van der Waals surface area contributed by atoms with E-state index in [1.165, 1.54) is 0 Å². The summed E-state index contributed by atoms with van der Waals surface area (Å²) in [5.41, 5.74) is 2.75. The molecule has 19 heavy (non-hydrogen) atoms. The summed E-state index contributed by atoms with van der Waals surface area (Å²) in [6, 6.07) is 2.93. The second kappa shape index (κ2) is 5.89. The van der Waals surface area contributed by atoms with Gasteiger partial charge in [-0.05, 0) is 6.07 Å². The fraction of sp³-hybridized carbons (Fsp3) is 0.0909. The van der Waals surface area contributed by atoms with Crippen LogP contribution < -0.4 is 9.79 Å². The zero-order valence-corrected chi connectivity index (χ0v) is 10.6. The van der Waals surface area contributed by atoms with Crippen molar-refractivity contribution in [2.45, 2.75) is 0 Å². The highest BCUT2D eigenvalue weighted by molar-refractivity contribution is 7.96. The van der Waals surface area contributed by atoms with E-state index in [2.05, 4.69) is 10.5 Å². The van der Waals surface area contributed by atoms with Gasteiger partial charge < -0.3 is 4.98 Å². The van der Waals surface area contributed by atoms with Gasteiger partial charge in [-0.3, -0.25) is 4.31 Å². The standard InChI is InChI=1S/C11H10F3N3OS/c1-17(7-2-3-15-6-7)19-18-16-11-5-9(13)8(12)4-10(11)14/h2-6,15-16H,1H3. The van der Waals surface area contributed by atoms with Gasteiger partial charge in [-0.25, -0.2) is 18.7 Å². The molecule has 1 aromatic heterocycles. The molecule has 1 heterocycles. The first-order valence-electron chi connectivity index (χ1n) is 5.18. The predicted molar refractivity (Wildman–Crippen MR) is 67.8 cm³/mol. The molecule has 2 rings (SSSR count). The number of aromatic nitrogens is 1. The van der Waals surface area contributed by atoms with Crippen LogP contribution in [0.15, 0.2) is 30.6 Å². The summed E-state index contributed by atoms with van der Waals surface area (Å²) in [6.45, 7) is 0. The van der Waals surface area contributed by atoms with E-state index in [1.807, 2.05) is 0 Å². The third kappa shape index (κ3) is 3.36. The number of anilines is 2. The summed E-state index contributed by atoms with van der Waals surface area (Å²) in [4.78, 5) is 2.86. The number of hydrogen-bond acceptors (Lipinski definition) is 4. The number of nitrogens with zero attached hydrogens (tertiary/aromatic N) is 1. The van der Waals surface area contributed by atoms with Gasteiger partial charge in [0.2, 0.25) is 0 Å². The van der Waals surface area contributed by atoms with E-state index in [-0.39, 0.29) is 5.69 Å². The first-order chi connectivity index (χ1) is 9.08. The molecule has 0 fully saturated rings. The van der Waals surface area contributed by atoms with Crippen LogP contribution in [0.25, 0.3) is 0 Å². The Hall–Kier alpha value is -1.80. The molecule has 2 N–H and O–H groups in total. The maximum absolute atomic E-state index is 13.3. The Balaban J connectivity index is 1.91. The van der Waals surface area contributed by atoms with E-state index in [1.54, 1.807) is 29.8 Å². The Morgan fingerprint density at radius 2 is 1.95 bits per heavy atom. The van der Waals surface area contributed by atoms with Crippen LogP contribution in [-0.4, -0.2) is 12.0 Å². The minimum Gasteiger partial charge on any atom is -0.366 e. The number of rotatable bonds is 5. The fourth-order valence-corrected chi connectivity index (χ4v) is 1.71. The summed E-state index contributed by atoms with van der Waals surface area (Å²) in [7, 11) is 1.72. The summed E-state index contributed by atoms with van der Waals surface area (Å²) in [6.07, 6.45) is 3.46. The molecule has 8 heteroatoms. The normalized spacial score (nSPS) is 10.5. The van der Waals surface area contributed by atoms with Crippen molar-refractivity contribution in [1.82, 2.24) is 4.98 Å². The van der Waals surface area contributed by atoms with Crippen molar-refractivity contribution in [3.05, 3.63) is 48.0 Å². The van der Waals surface area contributed by atoms with Gasteiger partial charge in [0.05, 0.1) is 5.69 Å². The van der Waals surface area contributed by atoms with Crippen molar-refractivity contribution in [3.8, 4) is 0 Å². The number of aromatic amines is 1. The SMILES string of the molecule is CN(SONc1cc(F)c(F)cc1F)c1cc[nH]c1. The molecule has 2 aromatic rings. The Morgan fingerprint density at radius 1 is 1.21 bits per heavy atom. The van der Waals surface area contributed by atoms with Crippen molar-refractivity contribution < 1.29 is 17.5 Å². The molecule has 0 saturated heterocycles. The van der Waals surface area contributed by atoms with Gasteiger partial charge >= 0.3 is 0 Å². The summed E-state index contributed by atoms with van der Waals surface area (Å²) in [5.74, 6) is -3.35. The molecular weight excluding hydrogens is 279 g/mol. The number of halogens is 3. The zero-order valence-electron chi connectivity index (χ0n) is 9.78. The Labute approximate surface area is 111 Å². The molecule has 0 amide bonds. The third-order valence-corrected chi connectivity index (χ3v) is 2.85. The maximum atomic E-state index is 13.3. The van der Waals surface area contributed by atoms with Crippen molar-refractivity contribution in [2.75, 3.05) is 16.8 Å². The lowest BCUT2D eigenvalue weighted by Crippen LogP contribution is -2.09. The molecule has 0 radical (unpaired) electrons. The van der Waals surface area contributed by atoms with Gasteiger partial charge in [0.15, 0.2) is 17.5 Å². The average molecular weight is 289 g/mol. The average Bonchev–Trinajstić information content (AvgIpc) is 2.89. The molecule has 0 unspecified atom stereocenters. The van der Waals surface area contributed by atoms with E-state index in [4.69, 9.17) is 4.28 Å². The van der Waals surface area contributed by atoms with Crippen LogP contribution in [0.2, 0.25) is 0 Å². The van der Waals surface area contributed by atoms with E-state index < -0.39 is 17.5 Å². The molecule has 4 nitrogen and oxygen atoms in total. The predicted octanol–water partition coefficient (Wildman–Crippen LogP) is 3.48. The minimum atomic E-state index is -1.25. The minimum absolute atomic E-state index is 0.283. The number of hydrogen-bond donors (Lipinski definition) is 2. The Morgan fingerprint density at radius 3 is 2.63 bits per heavy atom. The van der Waals surface area contributed by atoms with E-state index >= 15 is 0 Å². The molecule has 0 atom stereocenters. The maximum Gasteiger partial charge on any atom is 0.161 e. The van der Waals surface area contributed by atoms with Crippen LogP contribution in [0.5, 0.6) is 0 Å². The molecule has 0 aliphatic carbocycles. The molecule has 0 aliphatic rings. The van der Waals surface area contributed by atoms with Crippen LogP contribution >= 0.6 is 12.2 Å². The lowest BCUT2D eigenvalue weighted by Gasteiger charge is -2.15. The van der Waals surface area contributed by atoms with Gasteiger partial charge in [-0.15, -0.1) is 0 Å². The second-order valence-electron chi connectivity index (χ2n) is 3.57. The number of benzene rings is 1. The molecule has 0 spiro atoms. The quantitative estimate of drug-likeness (QED) is 0.383. The second-order valence-corrected chi connectivity index (χ2v) is 4.44. The topological polar surface area (TPSA) is 40.3 Å². The first kappa shape index (κ1) is 13.6. The molecule has 1 aromatic carbocycles. The highest BCUT2D eigenvalue weighted by Crippen LogP contribution is 2.23. The first-order valence-corrected chi connectivity index (χ1v) is 5.88.